The number of hydrogen-bond donors (Lipinski definition) is 2. The van der Waals surface area contributed by atoms with Crippen LogP contribution in [0, 0.1) is 0 Å². The minimum absolute atomic E-state index is 0.0610. The predicted octanol–water partition coefficient (Wildman–Crippen LogP) is 4.64. The fourth-order valence-electron chi connectivity index (χ4n) is 2.52. The summed E-state index contributed by atoms with van der Waals surface area (Å²) in [6.45, 7) is 6.42. The van der Waals surface area contributed by atoms with Crippen LogP contribution in [-0.2, 0) is 16.6 Å². The molecule has 4 heteroatoms. The third-order valence-electron chi connectivity index (χ3n) is 4.08. The molecule has 25 heavy (non-hydrogen) atoms. The van der Waals surface area contributed by atoms with Gasteiger partial charge < -0.3 is 10.4 Å². The first kappa shape index (κ1) is 18.7. The Kier molecular flexibility index (Phi) is 5.97. The maximum Gasteiger partial charge on any atom is 0.303 e. The number of rotatable bonds is 6. The zero-order valence-corrected chi connectivity index (χ0v) is 15.0. The Labute approximate surface area is 148 Å². The third-order valence-corrected chi connectivity index (χ3v) is 4.08. The van der Waals surface area contributed by atoms with Gasteiger partial charge in [-0.3, -0.25) is 9.59 Å². The molecule has 0 fully saturated rings. The summed E-state index contributed by atoms with van der Waals surface area (Å²) in [7, 11) is 0. The highest BCUT2D eigenvalue weighted by Gasteiger charge is 2.14. The number of carboxylic acid groups (broad SMARTS) is 1. The molecule has 0 unspecified atom stereocenters. The maximum absolute atomic E-state index is 12.3. The molecule has 0 bridgehead atoms. The minimum atomic E-state index is -0.777. The Morgan fingerprint density at radius 1 is 0.960 bits per heavy atom. The topological polar surface area (TPSA) is 66.4 Å². The van der Waals surface area contributed by atoms with Gasteiger partial charge in [-0.05, 0) is 53.6 Å². The molecule has 0 saturated heterocycles. The smallest absolute Gasteiger partial charge is 0.303 e. The van der Waals surface area contributed by atoms with Crippen molar-refractivity contribution in [2.75, 3.05) is 5.32 Å². The van der Waals surface area contributed by atoms with Gasteiger partial charge in [-0.25, -0.2) is 0 Å². The number of aliphatic carboxylic acids is 1. The largest absolute Gasteiger partial charge is 0.481 e. The van der Waals surface area contributed by atoms with Gasteiger partial charge in [0.1, 0.15) is 0 Å². The highest BCUT2D eigenvalue weighted by Crippen LogP contribution is 2.22. The molecule has 0 aliphatic carbocycles. The molecular formula is C21H25NO3. The SMILES string of the molecule is CC(C)(C)c1ccc(C(=O)Nc2ccc(CCCC(=O)O)cc2)cc1. The molecule has 2 aromatic rings. The van der Waals surface area contributed by atoms with Crippen LogP contribution in [0.3, 0.4) is 0 Å². The molecule has 0 heterocycles. The molecular weight excluding hydrogens is 314 g/mol. The van der Waals surface area contributed by atoms with E-state index in [4.69, 9.17) is 5.11 Å². The lowest BCUT2D eigenvalue weighted by Gasteiger charge is -2.19. The van der Waals surface area contributed by atoms with Crippen LogP contribution < -0.4 is 5.32 Å². The molecule has 0 aromatic heterocycles. The van der Waals surface area contributed by atoms with Crippen LogP contribution in [0.25, 0.3) is 0 Å². The van der Waals surface area contributed by atoms with Crippen LogP contribution in [0.15, 0.2) is 48.5 Å². The predicted molar refractivity (Wildman–Crippen MR) is 100 cm³/mol. The van der Waals surface area contributed by atoms with E-state index >= 15 is 0 Å². The lowest BCUT2D eigenvalue weighted by molar-refractivity contribution is -0.137. The van der Waals surface area contributed by atoms with Gasteiger partial charge in [-0.1, -0.05) is 45.0 Å². The van der Waals surface area contributed by atoms with E-state index in [1.54, 1.807) is 0 Å². The summed E-state index contributed by atoms with van der Waals surface area (Å²) in [6.07, 6.45) is 1.50. The summed E-state index contributed by atoms with van der Waals surface area (Å²) in [5.41, 5.74) is 3.67. The first-order valence-corrected chi connectivity index (χ1v) is 8.48. The summed E-state index contributed by atoms with van der Waals surface area (Å²) in [4.78, 5) is 22.9. The van der Waals surface area contributed by atoms with Crippen LogP contribution in [-0.4, -0.2) is 17.0 Å². The summed E-state index contributed by atoms with van der Waals surface area (Å²) in [6, 6.07) is 15.2. The molecule has 0 atom stereocenters. The van der Waals surface area contributed by atoms with Crippen molar-refractivity contribution in [3.63, 3.8) is 0 Å². The van der Waals surface area contributed by atoms with E-state index in [9.17, 15) is 9.59 Å². The molecule has 0 aliphatic heterocycles. The Morgan fingerprint density at radius 3 is 2.08 bits per heavy atom. The number of hydrogen-bond acceptors (Lipinski definition) is 2. The van der Waals surface area contributed by atoms with E-state index in [-0.39, 0.29) is 17.7 Å². The van der Waals surface area contributed by atoms with Gasteiger partial charge in [0.2, 0.25) is 0 Å². The number of benzene rings is 2. The van der Waals surface area contributed by atoms with E-state index in [2.05, 4.69) is 26.1 Å². The number of amides is 1. The van der Waals surface area contributed by atoms with Gasteiger partial charge in [-0.15, -0.1) is 0 Å². The summed E-state index contributed by atoms with van der Waals surface area (Å²) < 4.78 is 0. The van der Waals surface area contributed by atoms with E-state index in [1.807, 2.05) is 48.5 Å². The number of anilines is 1. The van der Waals surface area contributed by atoms with Crippen LogP contribution in [0.4, 0.5) is 5.69 Å². The molecule has 4 nitrogen and oxygen atoms in total. The van der Waals surface area contributed by atoms with Crippen molar-refractivity contribution in [1.82, 2.24) is 0 Å². The van der Waals surface area contributed by atoms with Gasteiger partial charge in [-0.2, -0.15) is 0 Å². The lowest BCUT2D eigenvalue weighted by atomic mass is 9.87. The summed E-state index contributed by atoms with van der Waals surface area (Å²) in [5.74, 6) is -0.916. The first-order valence-electron chi connectivity index (χ1n) is 8.48. The van der Waals surface area contributed by atoms with E-state index < -0.39 is 5.97 Å². The molecule has 0 saturated carbocycles. The van der Waals surface area contributed by atoms with E-state index in [1.165, 1.54) is 5.56 Å². The molecule has 2 rings (SSSR count). The zero-order valence-electron chi connectivity index (χ0n) is 15.0. The molecule has 0 spiro atoms. The second kappa shape index (κ2) is 7.97. The monoisotopic (exact) mass is 339 g/mol. The maximum atomic E-state index is 12.3. The normalized spacial score (nSPS) is 11.2. The fourth-order valence-corrected chi connectivity index (χ4v) is 2.52. The van der Waals surface area contributed by atoms with Crippen molar-refractivity contribution in [3.05, 3.63) is 65.2 Å². The van der Waals surface area contributed by atoms with Gasteiger partial charge in [0.15, 0.2) is 0 Å². The standard InChI is InChI=1S/C21H25NO3/c1-21(2,3)17-11-9-16(10-12-17)20(25)22-18-13-7-15(8-14-18)5-4-6-19(23)24/h7-14H,4-6H2,1-3H3,(H,22,25)(H,23,24). The second-order valence-electron chi connectivity index (χ2n) is 7.23. The van der Waals surface area contributed by atoms with Crippen LogP contribution >= 0.6 is 0 Å². The van der Waals surface area contributed by atoms with Gasteiger partial charge in [0.05, 0.1) is 0 Å². The highest BCUT2D eigenvalue weighted by atomic mass is 16.4. The van der Waals surface area contributed by atoms with Crippen molar-refractivity contribution in [2.24, 2.45) is 0 Å². The van der Waals surface area contributed by atoms with Crippen LogP contribution in [0.2, 0.25) is 0 Å². The Hall–Kier alpha value is -2.62. The molecule has 2 N–H and O–H groups in total. The molecule has 0 aliphatic rings. The number of carbonyl (C=O) groups is 2. The second-order valence-corrected chi connectivity index (χ2v) is 7.23. The van der Waals surface area contributed by atoms with Crippen molar-refractivity contribution in [1.29, 1.82) is 0 Å². The fraction of sp³-hybridized carbons (Fsp3) is 0.333. The van der Waals surface area contributed by atoms with Crippen molar-refractivity contribution >= 4 is 17.6 Å². The van der Waals surface area contributed by atoms with Crippen molar-refractivity contribution in [2.45, 2.75) is 45.4 Å². The molecule has 1 amide bonds. The molecule has 132 valence electrons. The number of carbonyl (C=O) groups excluding carboxylic acids is 1. The summed E-state index contributed by atoms with van der Waals surface area (Å²) in [5, 5.41) is 11.5. The van der Waals surface area contributed by atoms with Crippen molar-refractivity contribution in [3.8, 4) is 0 Å². The third kappa shape index (κ3) is 5.75. The Balaban J connectivity index is 1.95. The van der Waals surface area contributed by atoms with Gasteiger partial charge >= 0.3 is 5.97 Å². The quantitative estimate of drug-likeness (QED) is 0.805. The Morgan fingerprint density at radius 2 is 1.56 bits per heavy atom. The van der Waals surface area contributed by atoms with Crippen LogP contribution in [0.1, 0.15) is 55.1 Å². The van der Waals surface area contributed by atoms with E-state index in [0.29, 0.717) is 12.0 Å². The minimum Gasteiger partial charge on any atom is -0.481 e. The average Bonchev–Trinajstić information content (AvgIpc) is 2.55. The first-order chi connectivity index (χ1) is 11.8. The van der Waals surface area contributed by atoms with Crippen molar-refractivity contribution < 1.29 is 14.7 Å². The average molecular weight is 339 g/mol. The van der Waals surface area contributed by atoms with E-state index in [0.717, 1.165) is 17.7 Å². The number of carboxylic acids is 1. The van der Waals surface area contributed by atoms with Crippen LogP contribution in [0.5, 0.6) is 0 Å². The Bertz CT molecular complexity index is 725. The molecule has 2 aromatic carbocycles. The zero-order chi connectivity index (χ0) is 18.4. The number of aryl methyl sites for hydroxylation is 1. The summed E-state index contributed by atoms with van der Waals surface area (Å²) >= 11 is 0. The lowest BCUT2D eigenvalue weighted by Crippen LogP contribution is -2.14. The van der Waals surface area contributed by atoms with Gasteiger partial charge in [0, 0.05) is 17.7 Å². The highest BCUT2D eigenvalue weighted by molar-refractivity contribution is 6.04. The van der Waals surface area contributed by atoms with Gasteiger partial charge in [0.25, 0.3) is 5.91 Å². The molecule has 0 radical (unpaired) electrons. The number of nitrogens with one attached hydrogen (secondary N) is 1.